The first kappa shape index (κ1) is 21.0. The number of hydrogen-bond donors (Lipinski definition) is 0. The van der Waals surface area contributed by atoms with Gasteiger partial charge in [-0.2, -0.15) is 5.10 Å². The van der Waals surface area contributed by atoms with Crippen molar-refractivity contribution in [1.29, 1.82) is 0 Å². The van der Waals surface area contributed by atoms with Gasteiger partial charge in [0.25, 0.3) is 5.91 Å². The molecule has 0 N–H and O–H groups in total. The van der Waals surface area contributed by atoms with Crippen LogP contribution in [0.4, 0.5) is 0 Å². The summed E-state index contributed by atoms with van der Waals surface area (Å²) in [6.07, 6.45) is 4.70. The molecule has 2 unspecified atom stereocenters. The summed E-state index contributed by atoms with van der Waals surface area (Å²) >= 11 is 0. The number of ether oxygens (including phenoxy) is 1. The molecular formula is C24H28N4O3. The quantitative estimate of drug-likeness (QED) is 0.582. The maximum absolute atomic E-state index is 13.0. The molecule has 1 fully saturated rings. The third-order valence-electron chi connectivity index (χ3n) is 6.01. The lowest BCUT2D eigenvalue weighted by Crippen LogP contribution is -2.49. The lowest BCUT2D eigenvalue weighted by atomic mass is 9.97. The number of rotatable bonds is 5. The average molecular weight is 421 g/mol. The van der Waals surface area contributed by atoms with E-state index < -0.39 is 5.97 Å². The molecule has 0 aliphatic carbocycles. The van der Waals surface area contributed by atoms with Crippen LogP contribution in [0.5, 0.6) is 0 Å². The van der Waals surface area contributed by atoms with Gasteiger partial charge in [0.1, 0.15) is 0 Å². The van der Waals surface area contributed by atoms with Crippen LogP contribution in [0, 0.1) is 0 Å². The Kier molecular flexibility index (Phi) is 6.02. The fourth-order valence-corrected chi connectivity index (χ4v) is 4.40. The van der Waals surface area contributed by atoms with E-state index in [0.717, 1.165) is 24.8 Å². The summed E-state index contributed by atoms with van der Waals surface area (Å²) in [4.78, 5) is 32.4. The van der Waals surface area contributed by atoms with Crippen LogP contribution in [0.25, 0.3) is 22.3 Å². The van der Waals surface area contributed by atoms with E-state index in [1.54, 1.807) is 16.9 Å². The maximum Gasteiger partial charge on any atom is 0.339 e. The highest BCUT2D eigenvalue weighted by Gasteiger charge is 2.29. The van der Waals surface area contributed by atoms with Crippen molar-refractivity contribution in [3.8, 4) is 11.3 Å². The minimum atomic E-state index is -0.536. The van der Waals surface area contributed by atoms with Crippen LogP contribution < -0.4 is 0 Å². The van der Waals surface area contributed by atoms with Crippen molar-refractivity contribution in [2.45, 2.75) is 58.7 Å². The van der Waals surface area contributed by atoms with Gasteiger partial charge in [-0.25, -0.2) is 14.5 Å². The van der Waals surface area contributed by atoms with Gasteiger partial charge in [0.15, 0.2) is 12.3 Å². The van der Waals surface area contributed by atoms with Crippen molar-refractivity contribution in [3.63, 3.8) is 0 Å². The predicted octanol–water partition coefficient (Wildman–Crippen LogP) is 4.06. The smallest absolute Gasteiger partial charge is 0.339 e. The number of likely N-dealkylation sites (tertiary alicyclic amines) is 1. The highest BCUT2D eigenvalue weighted by Crippen LogP contribution is 2.26. The largest absolute Gasteiger partial charge is 0.452 e. The van der Waals surface area contributed by atoms with Gasteiger partial charge in [-0.05, 0) is 46.1 Å². The fourth-order valence-electron chi connectivity index (χ4n) is 4.40. The molecule has 4 rings (SSSR count). The van der Waals surface area contributed by atoms with Crippen molar-refractivity contribution in [2.75, 3.05) is 6.61 Å². The Bertz CT molecular complexity index is 1080. The molecule has 162 valence electrons. The molecule has 0 radical (unpaired) electrons. The molecule has 1 amide bonds. The number of nitrogens with zero attached hydrogens (tertiary/aromatic N) is 4. The molecule has 1 aliphatic heterocycles. The van der Waals surface area contributed by atoms with Crippen molar-refractivity contribution in [2.24, 2.45) is 0 Å². The number of carbonyl (C=O) groups excluding carboxylic acids is 2. The van der Waals surface area contributed by atoms with Gasteiger partial charge in [0, 0.05) is 24.2 Å². The van der Waals surface area contributed by atoms with E-state index in [-0.39, 0.29) is 24.6 Å². The SMILES string of the molecule is CCn1ncc2c(C(=O)OCC(=O)N3C(C)CCCC3C)cc(-c3ccccc3)nc21. The summed E-state index contributed by atoms with van der Waals surface area (Å²) in [5.41, 5.74) is 2.56. The topological polar surface area (TPSA) is 77.3 Å². The Morgan fingerprint density at radius 3 is 2.52 bits per heavy atom. The van der Waals surface area contributed by atoms with Crippen molar-refractivity contribution in [1.82, 2.24) is 19.7 Å². The first-order chi connectivity index (χ1) is 15.0. The van der Waals surface area contributed by atoms with Gasteiger partial charge >= 0.3 is 5.97 Å². The normalized spacial score (nSPS) is 18.9. The number of aryl methyl sites for hydroxylation is 1. The number of hydrogen-bond acceptors (Lipinski definition) is 5. The molecule has 0 bridgehead atoms. The van der Waals surface area contributed by atoms with E-state index in [9.17, 15) is 9.59 Å². The third-order valence-corrected chi connectivity index (χ3v) is 6.01. The maximum atomic E-state index is 13.0. The Morgan fingerprint density at radius 1 is 1.13 bits per heavy atom. The van der Waals surface area contributed by atoms with Crippen LogP contribution in [0.1, 0.15) is 50.4 Å². The summed E-state index contributed by atoms with van der Waals surface area (Å²) in [5, 5.41) is 4.98. The fraction of sp³-hybridized carbons (Fsp3) is 0.417. The van der Waals surface area contributed by atoms with Gasteiger partial charge < -0.3 is 9.64 Å². The number of piperidine rings is 1. The molecule has 1 aliphatic rings. The molecular weight excluding hydrogens is 392 g/mol. The summed E-state index contributed by atoms with van der Waals surface area (Å²) in [6.45, 7) is 6.44. The summed E-state index contributed by atoms with van der Waals surface area (Å²) < 4.78 is 7.24. The number of pyridine rings is 1. The second-order valence-electron chi connectivity index (χ2n) is 8.12. The molecule has 0 saturated carbocycles. The Morgan fingerprint density at radius 2 is 1.84 bits per heavy atom. The second kappa shape index (κ2) is 8.88. The minimum absolute atomic E-state index is 0.147. The monoisotopic (exact) mass is 420 g/mol. The zero-order valence-corrected chi connectivity index (χ0v) is 18.2. The molecule has 7 nitrogen and oxygen atoms in total. The molecule has 0 spiro atoms. The van der Waals surface area contributed by atoms with Gasteiger partial charge in [-0.1, -0.05) is 30.3 Å². The first-order valence-corrected chi connectivity index (χ1v) is 10.9. The molecule has 2 atom stereocenters. The van der Waals surface area contributed by atoms with Gasteiger partial charge in [0.05, 0.1) is 22.8 Å². The Labute approximate surface area is 182 Å². The van der Waals surface area contributed by atoms with Crippen LogP contribution in [0.3, 0.4) is 0 Å². The molecule has 3 aromatic rings. The van der Waals surface area contributed by atoms with Crippen molar-refractivity contribution >= 4 is 22.9 Å². The highest BCUT2D eigenvalue weighted by molar-refractivity contribution is 6.04. The summed E-state index contributed by atoms with van der Waals surface area (Å²) in [7, 11) is 0. The van der Waals surface area contributed by atoms with Gasteiger partial charge in [-0.15, -0.1) is 0 Å². The third kappa shape index (κ3) is 4.17. The number of amides is 1. The zero-order valence-electron chi connectivity index (χ0n) is 18.2. The van der Waals surface area contributed by atoms with Crippen LogP contribution in [-0.4, -0.2) is 50.2 Å². The average Bonchev–Trinajstić information content (AvgIpc) is 3.20. The van der Waals surface area contributed by atoms with Gasteiger partial charge in [0.2, 0.25) is 0 Å². The molecule has 3 heterocycles. The van der Waals surface area contributed by atoms with E-state index in [0.29, 0.717) is 28.8 Å². The van der Waals surface area contributed by atoms with Crippen LogP contribution >= 0.6 is 0 Å². The van der Waals surface area contributed by atoms with E-state index in [1.165, 1.54) is 0 Å². The molecule has 1 aromatic carbocycles. The Balaban J connectivity index is 1.61. The van der Waals surface area contributed by atoms with E-state index in [2.05, 4.69) is 5.10 Å². The highest BCUT2D eigenvalue weighted by atomic mass is 16.5. The van der Waals surface area contributed by atoms with Crippen molar-refractivity contribution < 1.29 is 14.3 Å². The number of carbonyl (C=O) groups is 2. The molecule has 31 heavy (non-hydrogen) atoms. The predicted molar refractivity (Wildman–Crippen MR) is 119 cm³/mol. The van der Waals surface area contributed by atoms with Gasteiger partial charge in [-0.3, -0.25) is 4.79 Å². The van der Waals surface area contributed by atoms with E-state index in [4.69, 9.17) is 9.72 Å². The summed E-state index contributed by atoms with van der Waals surface area (Å²) in [5.74, 6) is -0.684. The van der Waals surface area contributed by atoms with Crippen LogP contribution in [0.2, 0.25) is 0 Å². The number of aromatic nitrogens is 3. The number of benzene rings is 1. The van der Waals surface area contributed by atoms with Crippen LogP contribution in [-0.2, 0) is 16.1 Å². The van der Waals surface area contributed by atoms with E-state index in [1.807, 2.05) is 56.0 Å². The zero-order chi connectivity index (χ0) is 22.0. The standard InChI is InChI=1S/C24H28N4O3/c1-4-27-23-20(14-25-27)19(13-21(26-23)18-11-6-5-7-12-18)24(30)31-15-22(29)28-16(2)9-8-10-17(28)3/h5-7,11-14,16-17H,4,8-10,15H2,1-3H3. The summed E-state index contributed by atoms with van der Waals surface area (Å²) in [6, 6.07) is 11.7. The minimum Gasteiger partial charge on any atom is -0.452 e. The first-order valence-electron chi connectivity index (χ1n) is 10.9. The van der Waals surface area contributed by atoms with Crippen molar-refractivity contribution in [3.05, 3.63) is 48.2 Å². The lowest BCUT2D eigenvalue weighted by molar-refractivity contribution is -0.140. The molecule has 7 heteroatoms. The second-order valence-corrected chi connectivity index (χ2v) is 8.12. The van der Waals surface area contributed by atoms with E-state index >= 15 is 0 Å². The molecule has 2 aromatic heterocycles. The Hall–Kier alpha value is -3.22. The number of esters is 1. The molecule has 1 saturated heterocycles. The lowest BCUT2D eigenvalue weighted by Gasteiger charge is -2.38. The van der Waals surface area contributed by atoms with Crippen LogP contribution in [0.15, 0.2) is 42.6 Å². The number of fused-ring (bicyclic) bond motifs is 1.